The van der Waals surface area contributed by atoms with Crippen molar-refractivity contribution in [2.45, 2.75) is 38.6 Å². The molecular weight excluding hydrogens is 592 g/mol. The Bertz CT molecular complexity index is 1770. The number of rotatable bonds is 10. The van der Waals surface area contributed by atoms with Crippen LogP contribution in [0.3, 0.4) is 0 Å². The molecule has 1 unspecified atom stereocenters. The lowest BCUT2D eigenvalue weighted by Gasteiger charge is -2.18. The summed E-state index contributed by atoms with van der Waals surface area (Å²) in [5.74, 6) is -2.90. The van der Waals surface area contributed by atoms with Gasteiger partial charge in [0, 0.05) is 30.1 Å². The van der Waals surface area contributed by atoms with Gasteiger partial charge < -0.3 is 34.3 Å². The molecule has 1 saturated carbocycles. The third kappa shape index (κ3) is 6.47. The number of ether oxygens (including phenoxy) is 5. The number of halogens is 2. The normalized spacial score (nSPS) is 17.8. The monoisotopic (exact) mass is 621 g/mol. The van der Waals surface area contributed by atoms with E-state index < -0.39 is 34.7 Å². The van der Waals surface area contributed by atoms with Crippen LogP contribution in [0.25, 0.3) is 11.0 Å². The fourth-order valence-corrected chi connectivity index (χ4v) is 4.76. The zero-order chi connectivity index (χ0) is 31.8. The maximum atomic E-state index is 15.1. The molecule has 4 aromatic rings. The van der Waals surface area contributed by atoms with E-state index in [1.54, 1.807) is 6.07 Å². The minimum absolute atomic E-state index is 0.0342. The summed E-state index contributed by atoms with van der Waals surface area (Å²) >= 11 is 0. The number of carbonyl (C=O) groups excluding carboxylic acids is 2. The Kier molecular flexibility index (Phi) is 7.93. The summed E-state index contributed by atoms with van der Waals surface area (Å²) in [5.41, 5.74) is -0.272. The molecule has 12 nitrogen and oxygen atoms in total. The molecule has 3 aromatic heterocycles. The lowest BCUT2D eigenvalue weighted by atomic mass is 10.0. The van der Waals surface area contributed by atoms with E-state index in [9.17, 15) is 14.0 Å². The van der Waals surface area contributed by atoms with E-state index in [1.807, 2.05) is 13.8 Å². The molecule has 1 saturated heterocycles. The molecule has 1 aliphatic heterocycles. The van der Waals surface area contributed by atoms with Crippen molar-refractivity contribution in [3.8, 4) is 23.3 Å². The van der Waals surface area contributed by atoms with Crippen molar-refractivity contribution >= 4 is 34.2 Å². The first kappa shape index (κ1) is 30.1. The SMILES string of the molecule is COc1nc2c(Oc3ncc(NC(=O)C4(C(=O)Nc5ccc(F)cc5)CC4)cc3F)ccnc2cc1OCC1COC(C)(C)O1. The number of methoxy groups -OCH3 is 1. The van der Waals surface area contributed by atoms with E-state index in [1.165, 1.54) is 49.8 Å². The number of carbonyl (C=O) groups is 2. The summed E-state index contributed by atoms with van der Waals surface area (Å²) in [4.78, 5) is 38.6. The van der Waals surface area contributed by atoms with E-state index in [0.29, 0.717) is 36.4 Å². The molecule has 14 heteroatoms. The summed E-state index contributed by atoms with van der Waals surface area (Å²) in [6.07, 6.45) is 3.01. The number of aromatic nitrogens is 3. The number of nitrogens with one attached hydrogen (secondary N) is 2. The standard InChI is InChI=1S/C31H29F2N5O7/c1-30(2)43-16-20(45-30)15-42-24-13-22-25(38-27(24)41-3)23(8-11-34-22)44-26-21(33)12-19(14-35-26)37-29(40)31(9-10-31)28(39)36-18-6-4-17(32)5-7-18/h4-8,11-14,20H,9-10,15-16H2,1-3H3,(H,36,39)(H,37,40). The third-order valence-electron chi connectivity index (χ3n) is 7.29. The Balaban J connectivity index is 1.14. The largest absolute Gasteiger partial charge is 0.485 e. The molecule has 1 aromatic carbocycles. The number of nitrogens with zero attached hydrogens (tertiary/aromatic N) is 3. The van der Waals surface area contributed by atoms with E-state index in [4.69, 9.17) is 23.7 Å². The topological polar surface area (TPSA) is 143 Å². The Hall–Kier alpha value is -4.95. The number of benzene rings is 1. The summed E-state index contributed by atoms with van der Waals surface area (Å²) in [5, 5.41) is 5.17. The smallest absolute Gasteiger partial charge is 0.257 e. The Morgan fingerprint density at radius 2 is 1.71 bits per heavy atom. The average Bonchev–Trinajstić information content (AvgIpc) is 3.76. The van der Waals surface area contributed by atoms with Crippen LogP contribution in [-0.2, 0) is 19.1 Å². The predicted molar refractivity (Wildman–Crippen MR) is 156 cm³/mol. The van der Waals surface area contributed by atoms with Gasteiger partial charge in [0.1, 0.15) is 29.5 Å². The fourth-order valence-electron chi connectivity index (χ4n) is 4.76. The fraction of sp³-hybridized carbons (Fsp3) is 0.323. The molecule has 4 heterocycles. The van der Waals surface area contributed by atoms with Crippen molar-refractivity contribution in [1.29, 1.82) is 0 Å². The number of fused-ring (bicyclic) bond motifs is 1. The zero-order valence-corrected chi connectivity index (χ0v) is 24.6. The van der Waals surface area contributed by atoms with Crippen molar-refractivity contribution in [3.05, 3.63) is 66.5 Å². The Morgan fingerprint density at radius 1 is 0.978 bits per heavy atom. The first-order valence-corrected chi connectivity index (χ1v) is 14.1. The van der Waals surface area contributed by atoms with Crippen LogP contribution in [0.5, 0.6) is 23.3 Å². The first-order valence-electron chi connectivity index (χ1n) is 14.1. The number of hydrogen-bond donors (Lipinski definition) is 2. The first-order chi connectivity index (χ1) is 21.5. The summed E-state index contributed by atoms with van der Waals surface area (Å²) in [6.45, 7) is 4.21. The minimum Gasteiger partial charge on any atom is -0.485 e. The van der Waals surface area contributed by atoms with Gasteiger partial charge in [-0.3, -0.25) is 14.6 Å². The molecule has 234 valence electrons. The average molecular weight is 622 g/mol. The molecule has 2 amide bonds. The summed E-state index contributed by atoms with van der Waals surface area (Å²) in [7, 11) is 1.43. The third-order valence-corrected chi connectivity index (χ3v) is 7.29. The zero-order valence-electron chi connectivity index (χ0n) is 24.6. The van der Waals surface area contributed by atoms with E-state index in [0.717, 1.165) is 6.07 Å². The minimum atomic E-state index is -1.32. The molecule has 1 aliphatic carbocycles. The number of amides is 2. The molecule has 0 spiro atoms. The van der Waals surface area contributed by atoms with Gasteiger partial charge in [0.2, 0.25) is 11.8 Å². The van der Waals surface area contributed by atoms with Crippen LogP contribution < -0.4 is 24.8 Å². The van der Waals surface area contributed by atoms with Gasteiger partial charge in [0.05, 0.1) is 31.1 Å². The van der Waals surface area contributed by atoms with Gasteiger partial charge in [-0.1, -0.05) is 0 Å². The van der Waals surface area contributed by atoms with Crippen molar-refractivity contribution < 1.29 is 42.1 Å². The number of anilines is 2. The second-order valence-corrected chi connectivity index (χ2v) is 11.0. The molecular formula is C31H29F2N5O7. The van der Waals surface area contributed by atoms with Crippen molar-refractivity contribution in [1.82, 2.24) is 15.0 Å². The highest BCUT2D eigenvalue weighted by Crippen LogP contribution is 2.47. The van der Waals surface area contributed by atoms with E-state index in [2.05, 4.69) is 25.6 Å². The van der Waals surface area contributed by atoms with Crippen LogP contribution in [0.4, 0.5) is 20.2 Å². The van der Waals surface area contributed by atoms with Gasteiger partial charge in [-0.05, 0) is 51.0 Å². The van der Waals surface area contributed by atoms with Gasteiger partial charge in [0.15, 0.2) is 23.1 Å². The second kappa shape index (κ2) is 11.9. The van der Waals surface area contributed by atoms with Crippen molar-refractivity contribution in [2.24, 2.45) is 5.41 Å². The van der Waals surface area contributed by atoms with Crippen LogP contribution in [0.15, 0.2) is 54.9 Å². The Morgan fingerprint density at radius 3 is 2.36 bits per heavy atom. The highest BCUT2D eigenvalue weighted by Gasteiger charge is 2.56. The maximum absolute atomic E-state index is 15.1. The van der Waals surface area contributed by atoms with E-state index in [-0.39, 0.29) is 41.4 Å². The maximum Gasteiger partial charge on any atom is 0.257 e. The van der Waals surface area contributed by atoms with E-state index >= 15 is 4.39 Å². The molecule has 6 rings (SSSR count). The lowest BCUT2D eigenvalue weighted by molar-refractivity contribution is -0.141. The molecule has 0 bridgehead atoms. The van der Waals surface area contributed by atoms with Gasteiger partial charge in [-0.2, -0.15) is 0 Å². The second-order valence-electron chi connectivity index (χ2n) is 11.0. The van der Waals surface area contributed by atoms with Gasteiger partial charge in [-0.25, -0.2) is 18.7 Å². The Labute approximate surface area is 256 Å². The van der Waals surface area contributed by atoms with Crippen molar-refractivity contribution in [3.63, 3.8) is 0 Å². The van der Waals surface area contributed by atoms with Crippen LogP contribution in [0.1, 0.15) is 26.7 Å². The number of pyridine rings is 3. The highest BCUT2D eigenvalue weighted by molar-refractivity contribution is 6.16. The molecule has 2 aliphatic rings. The van der Waals surface area contributed by atoms with Gasteiger partial charge in [0.25, 0.3) is 11.8 Å². The molecule has 2 N–H and O–H groups in total. The van der Waals surface area contributed by atoms with Crippen molar-refractivity contribution in [2.75, 3.05) is 31.0 Å². The van der Waals surface area contributed by atoms with Crippen LogP contribution >= 0.6 is 0 Å². The highest BCUT2D eigenvalue weighted by atomic mass is 19.1. The van der Waals surface area contributed by atoms with Crippen LogP contribution in [0, 0.1) is 17.0 Å². The molecule has 45 heavy (non-hydrogen) atoms. The molecule has 2 fully saturated rings. The number of hydrogen-bond acceptors (Lipinski definition) is 10. The predicted octanol–water partition coefficient (Wildman–Crippen LogP) is 4.99. The molecule has 1 atom stereocenters. The summed E-state index contributed by atoms with van der Waals surface area (Å²) < 4.78 is 56.7. The quantitative estimate of drug-likeness (QED) is 0.233. The van der Waals surface area contributed by atoms with Gasteiger partial charge >= 0.3 is 0 Å². The summed E-state index contributed by atoms with van der Waals surface area (Å²) in [6, 6.07) is 9.34. The van der Waals surface area contributed by atoms with Crippen LogP contribution in [-0.4, -0.2) is 59.0 Å². The molecule has 0 radical (unpaired) electrons. The van der Waals surface area contributed by atoms with Crippen LogP contribution in [0.2, 0.25) is 0 Å². The van der Waals surface area contributed by atoms with Gasteiger partial charge in [-0.15, -0.1) is 0 Å². The lowest BCUT2D eigenvalue weighted by Crippen LogP contribution is -2.35.